The summed E-state index contributed by atoms with van der Waals surface area (Å²) in [6.07, 6.45) is 1.28. The van der Waals surface area contributed by atoms with E-state index in [4.69, 9.17) is 4.55 Å². The second-order valence-corrected chi connectivity index (χ2v) is 8.82. The lowest BCUT2D eigenvalue weighted by Crippen LogP contribution is -2.40. The number of hydrogen-bond acceptors (Lipinski definition) is 4. The Balaban J connectivity index is 2.27. The standard InChI is InChI=1S/C14H20BrNO5S/c1-9-14(2,3)8-11-12(15)7-10(16-13(11)21(9)17)5-4-6-22(18,19)20/h7,9,17H,4-6,8H2,1-3H3/p+1. The van der Waals surface area contributed by atoms with Crippen molar-refractivity contribution in [2.24, 2.45) is 5.41 Å². The predicted octanol–water partition coefficient (Wildman–Crippen LogP) is 3.37. The first kappa shape index (κ1) is 17.7. The van der Waals surface area contributed by atoms with Crippen LogP contribution in [0, 0.1) is 5.41 Å². The number of aryl methyl sites for hydroxylation is 1. The molecule has 1 aromatic heterocycles. The summed E-state index contributed by atoms with van der Waals surface area (Å²) in [6.45, 7) is 6.06. The number of rotatable bonds is 4. The predicted molar refractivity (Wildman–Crippen MR) is 86.8 cm³/mol. The lowest BCUT2D eigenvalue weighted by atomic mass is 9.79. The van der Waals surface area contributed by atoms with E-state index in [-0.39, 0.29) is 23.7 Å². The second kappa shape index (κ2) is 6.07. The van der Waals surface area contributed by atoms with Crippen molar-refractivity contribution in [3.63, 3.8) is 0 Å². The number of halogens is 1. The topological polar surface area (TPSA) is 90.2 Å². The Hall–Kier alpha value is -0.700. The molecule has 0 saturated carbocycles. The summed E-state index contributed by atoms with van der Waals surface area (Å²) in [5, 5.41) is 10.3. The van der Waals surface area contributed by atoms with E-state index >= 15 is 0 Å². The zero-order chi connectivity index (χ0) is 16.7. The number of aromatic nitrogens is 1. The van der Waals surface area contributed by atoms with Crippen LogP contribution in [0.2, 0.25) is 0 Å². The minimum Gasteiger partial charge on any atom is -0.367 e. The third-order valence-corrected chi connectivity index (χ3v) is 5.70. The first-order chi connectivity index (χ1) is 10.0. The molecule has 1 aromatic rings. The average Bonchev–Trinajstić information content (AvgIpc) is 2.36. The maximum Gasteiger partial charge on any atom is 0.407 e. The van der Waals surface area contributed by atoms with Gasteiger partial charge in [0.05, 0.1) is 22.4 Å². The van der Waals surface area contributed by atoms with Gasteiger partial charge in [0.15, 0.2) is 0 Å². The summed E-state index contributed by atoms with van der Waals surface area (Å²) in [5.74, 6) is 0.131. The molecular formula is C14H21BrNO5S+. The molecule has 0 fully saturated rings. The number of hydrogen-bond donors (Lipinski definition) is 2. The molecule has 1 aliphatic heterocycles. The van der Waals surface area contributed by atoms with E-state index in [2.05, 4.69) is 39.3 Å². The fraction of sp³-hybridized carbons (Fsp3) is 0.643. The van der Waals surface area contributed by atoms with Crippen molar-refractivity contribution < 1.29 is 22.7 Å². The summed E-state index contributed by atoms with van der Waals surface area (Å²) in [6, 6.07) is 1.84. The van der Waals surface area contributed by atoms with Crippen LogP contribution in [0.1, 0.15) is 38.4 Å². The summed E-state index contributed by atoms with van der Waals surface area (Å²) in [7, 11) is -3.96. The summed E-state index contributed by atoms with van der Waals surface area (Å²) < 4.78 is 33.2. The fourth-order valence-corrected chi connectivity index (χ4v) is 3.61. The van der Waals surface area contributed by atoms with Gasteiger partial charge in [-0.15, -0.1) is 0 Å². The highest BCUT2D eigenvalue weighted by Gasteiger charge is 2.46. The van der Waals surface area contributed by atoms with Gasteiger partial charge in [0.2, 0.25) is 6.10 Å². The van der Waals surface area contributed by atoms with Gasteiger partial charge in [-0.1, -0.05) is 35.0 Å². The van der Waals surface area contributed by atoms with Gasteiger partial charge >= 0.3 is 5.88 Å². The molecule has 8 heteroatoms. The molecule has 2 heterocycles. The van der Waals surface area contributed by atoms with E-state index in [1.54, 1.807) is 0 Å². The molecule has 124 valence electrons. The molecule has 0 aromatic carbocycles. The highest BCUT2D eigenvalue weighted by molar-refractivity contribution is 9.10. The molecule has 0 spiro atoms. The van der Waals surface area contributed by atoms with E-state index in [1.807, 2.05) is 13.0 Å². The van der Waals surface area contributed by atoms with Crippen LogP contribution in [-0.4, -0.2) is 35.1 Å². The molecule has 0 saturated heterocycles. The van der Waals surface area contributed by atoms with E-state index in [0.29, 0.717) is 18.0 Å². The van der Waals surface area contributed by atoms with Gasteiger partial charge in [-0.3, -0.25) is 4.55 Å². The van der Waals surface area contributed by atoms with Crippen LogP contribution in [0.4, 0.5) is 0 Å². The lowest BCUT2D eigenvalue weighted by molar-refractivity contribution is -0.428. The maximum atomic E-state index is 10.8. The maximum absolute atomic E-state index is 10.8. The Kier molecular flexibility index (Phi) is 4.87. The second-order valence-electron chi connectivity index (χ2n) is 6.39. The molecular weight excluding hydrogens is 374 g/mol. The van der Waals surface area contributed by atoms with Crippen LogP contribution in [0.15, 0.2) is 10.5 Å². The zero-order valence-corrected chi connectivity index (χ0v) is 15.2. The van der Waals surface area contributed by atoms with Crippen molar-refractivity contribution >= 4 is 26.0 Å². The van der Waals surface area contributed by atoms with Crippen LogP contribution in [0.25, 0.3) is 0 Å². The third kappa shape index (κ3) is 3.79. The van der Waals surface area contributed by atoms with Gasteiger partial charge in [-0.2, -0.15) is 13.4 Å². The van der Waals surface area contributed by atoms with Gasteiger partial charge in [0, 0.05) is 11.4 Å². The quantitative estimate of drug-likeness (QED) is 0.464. The van der Waals surface area contributed by atoms with Crippen molar-refractivity contribution in [1.82, 2.24) is 4.98 Å². The molecule has 2 N–H and O–H groups in total. The van der Waals surface area contributed by atoms with Crippen molar-refractivity contribution in [3.05, 3.63) is 21.8 Å². The highest BCUT2D eigenvalue weighted by Crippen LogP contribution is 2.46. The van der Waals surface area contributed by atoms with Crippen LogP contribution < -0.4 is 0 Å². The van der Waals surface area contributed by atoms with Crippen molar-refractivity contribution in [2.45, 2.75) is 46.1 Å². The number of fused-ring (bicyclic) bond motifs is 1. The van der Waals surface area contributed by atoms with Crippen LogP contribution in [0.3, 0.4) is 0 Å². The largest absolute Gasteiger partial charge is 0.407 e. The normalized spacial score (nSPS) is 20.8. The van der Waals surface area contributed by atoms with Gasteiger partial charge in [-0.05, 0) is 25.3 Å². The highest BCUT2D eigenvalue weighted by atomic mass is 79.9. The lowest BCUT2D eigenvalue weighted by Gasteiger charge is -2.37. The Morgan fingerprint density at radius 3 is 2.73 bits per heavy atom. The van der Waals surface area contributed by atoms with Crippen LogP contribution in [-0.2, 0) is 27.5 Å². The summed E-state index contributed by atoms with van der Waals surface area (Å²) >= 11 is 3.50. The minimum atomic E-state index is -3.96. The van der Waals surface area contributed by atoms with E-state index in [1.165, 1.54) is 0 Å². The molecule has 0 radical (unpaired) electrons. The van der Waals surface area contributed by atoms with Gasteiger partial charge in [-0.25, -0.2) is 0 Å². The first-order valence-electron chi connectivity index (χ1n) is 7.07. The average molecular weight is 395 g/mol. The smallest absolute Gasteiger partial charge is 0.367 e. The molecule has 0 aliphatic carbocycles. The molecule has 0 amide bonds. The Bertz CT molecular complexity index is 674. The molecule has 1 aliphatic rings. The van der Waals surface area contributed by atoms with Crippen molar-refractivity contribution in [3.8, 4) is 5.88 Å². The minimum absolute atomic E-state index is 0.122. The molecule has 2 rings (SSSR count). The van der Waals surface area contributed by atoms with Gasteiger partial charge < -0.3 is 4.52 Å². The Labute approximate surface area is 139 Å². The van der Waals surface area contributed by atoms with Crippen LogP contribution >= 0.6 is 15.9 Å². The monoisotopic (exact) mass is 394 g/mol. The fourth-order valence-electron chi connectivity index (χ4n) is 2.53. The number of pyridine rings is 1. The summed E-state index contributed by atoms with van der Waals surface area (Å²) in [4.78, 5) is 4.42. The van der Waals surface area contributed by atoms with Gasteiger partial charge in [0.25, 0.3) is 10.1 Å². The summed E-state index contributed by atoms with van der Waals surface area (Å²) in [5.41, 5.74) is 1.45. The van der Waals surface area contributed by atoms with E-state index in [9.17, 15) is 13.7 Å². The van der Waals surface area contributed by atoms with Crippen LogP contribution in [0.5, 0.6) is 5.88 Å². The molecule has 6 nitrogen and oxygen atoms in total. The van der Waals surface area contributed by atoms with E-state index < -0.39 is 10.1 Å². The number of nitrogens with zero attached hydrogens (tertiary/aromatic N) is 1. The molecule has 1 unspecified atom stereocenters. The van der Waals surface area contributed by atoms with E-state index in [0.717, 1.165) is 16.5 Å². The zero-order valence-electron chi connectivity index (χ0n) is 12.8. The Morgan fingerprint density at radius 1 is 1.50 bits per heavy atom. The molecule has 1 atom stereocenters. The van der Waals surface area contributed by atoms with Gasteiger partial charge in [0.1, 0.15) is 0 Å². The first-order valence-corrected chi connectivity index (χ1v) is 9.47. The molecule has 22 heavy (non-hydrogen) atoms. The van der Waals surface area contributed by atoms with Crippen molar-refractivity contribution in [1.29, 1.82) is 0 Å². The molecule has 0 bridgehead atoms. The van der Waals surface area contributed by atoms with Crippen molar-refractivity contribution in [2.75, 3.05) is 5.75 Å². The third-order valence-electron chi connectivity index (χ3n) is 4.19. The SMILES string of the molecule is CC1[O+](O)c2nc(CCCS(=O)(=O)O)cc(Br)c2CC1(C)C. The Morgan fingerprint density at radius 2 is 2.14 bits per heavy atom.